The van der Waals surface area contributed by atoms with Gasteiger partial charge in [0.1, 0.15) is 4.70 Å². The third-order valence-corrected chi connectivity index (χ3v) is 4.53. The molecule has 0 saturated heterocycles. The molecule has 0 radical (unpaired) electrons. The maximum Gasteiger partial charge on any atom is 0.272 e. The molecule has 0 aromatic carbocycles. The number of aryl methyl sites for hydroxylation is 1. The summed E-state index contributed by atoms with van der Waals surface area (Å²) in [5.41, 5.74) is 3.59. The molecule has 3 heterocycles. The van der Waals surface area contributed by atoms with E-state index >= 15 is 0 Å². The molecule has 0 amide bonds. The third kappa shape index (κ3) is 2.05. The van der Waals surface area contributed by atoms with Crippen molar-refractivity contribution in [2.75, 3.05) is 0 Å². The van der Waals surface area contributed by atoms with Crippen LogP contribution in [0.5, 0.6) is 0 Å². The van der Waals surface area contributed by atoms with Gasteiger partial charge in [-0.15, -0.1) is 22.7 Å². The zero-order chi connectivity index (χ0) is 12.5. The van der Waals surface area contributed by atoms with Gasteiger partial charge in [-0.25, -0.2) is 4.98 Å². The van der Waals surface area contributed by atoms with E-state index in [9.17, 15) is 4.79 Å². The number of nitrogens with zero attached hydrogens (tertiary/aromatic N) is 2. The van der Waals surface area contributed by atoms with E-state index in [2.05, 4.69) is 9.97 Å². The van der Waals surface area contributed by atoms with Crippen molar-refractivity contribution < 1.29 is 0 Å². The Balaban J connectivity index is 2.01. The van der Waals surface area contributed by atoms with E-state index in [1.54, 1.807) is 21.4 Å². The van der Waals surface area contributed by atoms with Gasteiger partial charge in [0.25, 0.3) is 5.56 Å². The van der Waals surface area contributed by atoms with Crippen LogP contribution in [0.4, 0.5) is 0 Å². The first-order valence-corrected chi connectivity index (χ1v) is 7.56. The molecule has 0 fully saturated rings. The first-order chi connectivity index (χ1) is 8.75. The first-order valence-electron chi connectivity index (χ1n) is 5.33. The summed E-state index contributed by atoms with van der Waals surface area (Å²) in [6.07, 6.45) is 0.720. The summed E-state index contributed by atoms with van der Waals surface area (Å²) in [6.45, 7) is 0.561. The monoisotopic (exact) mass is 295 g/mol. The minimum atomic E-state index is -0.0148. The Morgan fingerprint density at radius 1 is 1.50 bits per heavy atom. The van der Waals surface area contributed by atoms with Crippen LogP contribution in [0.25, 0.3) is 10.2 Å². The molecule has 0 aliphatic rings. The molecule has 0 spiro atoms. The largest absolute Gasteiger partial charge is 0.331 e. The smallest absolute Gasteiger partial charge is 0.272 e. The molecule has 0 unspecified atom stereocenters. The Hall–Kier alpha value is -1.31. The lowest BCUT2D eigenvalue weighted by molar-refractivity contribution is 0.647. The van der Waals surface area contributed by atoms with Gasteiger partial charge in [-0.05, 0) is 23.7 Å². The fourth-order valence-corrected chi connectivity index (χ4v) is 3.44. The lowest BCUT2D eigenvalue weighted by atomic mass is 10.3. The van der Waals surface area contributed by atoms with Crippen molar-refractivity contribution in [3.05, 3.63) is 43.2 Å². The maximum atomic E-state index is 12.2. The number of fused-ring (bicyclic) bond motifs is 1. The maximum absolute atomic E-state index is 12.2. The Labute approximate surface area is 116 Å². The van der Waals surface area contributed by atoms with Crippen LogP contribution in [-0.4, -0.2) is 14.5 Å². The van der Waals surface area contributed by atoms with E-state index in [4.69, 9.17) is 12.2 Å². The predicted molar refractivity (Wildman–Crippen MR) is 77.1 cm³/mol. The van der Waals surface area contributed by atoms with E-state index in [1.807, 2.05) is 16.8 Å². The van der Waals surface area contributed by atoms with E-state index in [0.717, 1.165) is 22.3 Å². The van der Waals surface area contributed by atoms with E-state index in [-0.39, 0.29) is 5.56 Å². The number of hydrogen-bond donors (Lipinski definition) is 1. The lowest BCUT2D eigenvalue weighted by Crippen LogP contribution is -2.22. The summed E-state index contributed by atoms with van der Waals surface area (Å²) in [5.74, 6) is 0. The summed E-state index contributed by atoms with van der Waals surface area (Å²) >= 11 is 8.21. The predicted octanol–water partition coefficient (Wildman–Crippen LogP) is 2.82. The molecule has 92 valence electrons. The molecule has 7 heteroatoms. The lowest BCUT2D eigenvalue weighted by Gasteiger charge is -2.04. The van der Waals surface area contributed by atoms with Gasteiger partial charge < -0.3 is 4.98 Å². The molecule has 0 bridgehead atoms. The standard InChI is InChI=1S/C11H9N3OS3/c15-10-9-8(2-4-18-9)13-11(16)14(10)3-1-7-5-17-6-12-7/h2,4-6H,1,3H2,(H,13,16). The molecule has 0 aliphatic heterocycles. The fraction of sp³-hybridized carbons (Fsp3) is 0.182. The molecule has 4 nitrogen and oxygen atoms in total. The van der Waals surface area contributed by atoms with Crippen LogP contribution < -0.4 is 5.56 Å². The van der Waals surface area contributed by atoms with Gasteiger partial charge in [0.05, 0.1) is 16.7 Å². The molecule has 0 atom stereocenters. The molecule has 18 heavy (non-hydrogen) atoms. The summed E-state index contributed by atoms with van der Waals surface area (Å²) in [6, 6.07) is 1.88. The van der Waals surface area contributed by atoms with Crippen molar-refractivity contribution in [2.45, 2.75) is 13.0 Å². The molecular formula is C11H9N3OS3. The molecule has 1 N–H and O–H groups in total. The zero-order valence-electron chi connectivity index (χ0n) is 9.25. The zero-order valence-corrected chi connectivity index (χ0v) is 11.7. The van der Waals surface area contributed by atoms with Gasteiger partial charge in [-0.3, -0.25) is 9.36 Å². The van der Waals surface area contributed by atoms with Crippen molar-refractivity contribution >= 4 is 45.1 Å². The van der Waals surface area contributed by atoms with Gasteiger partial charge in [0.15, 0.2) is 4.77 Å². The minimum Gasteiger partial charge on any atom is -0.331 e. The number of hydrogen-bond acceptors (Lipinski definition) is 5. The number of nitrogens with one attached hydrogen (secondary N) is 1. The molecule has 3 aromatic rings. The molecule has 0 saturated carbocycles. The van der Waals surface area contributed by atoms with Gasteiger partial charge in [0, 0.05) is 18.3 Å². The third-order valence-electron chi connectivity index (χ3n) is 2.67. The van der Waals surface area contributed by atoms with Crippen molar-refractivity contribution in [1.82, 2.24) is 14.5 Å². The molecular weight excluding hydrogens is 286 g/mol. The Morgan fingerprint density at radius 3 is 3.17 bits per heavy atom. The highest BCUT2D eigenvalue weighted by Gasteiger charge is 2.07. The van der Waals surface area contributed by atoms with E-state index in [1.165, 1.54) is 11.3 Å². The highest BCUT2D eigenvalue weighted by atomic mass is 32.1. The van der Waals surface area contributed by atoms with Crippen molar-refractivity contribution in [2.24, 2.45) is 0 Å². The van der Waals surface area contributed by atoms with Gasteiger partial charge >= 0.3 is 0 Å². The van der Waals surface area contributed by atoms with Crippen LogP contribution in [-0.2, 0) is 13.0 Å². The average molecular weight is 295 g/mol. The highest BCUT2D eigenvalue weighted by Crippen LogP contribution is 2.14. The number of H-pyrrole nitrogens is 1. The minimum absolute atomic E-state index is 0.0148. The van der Waals surface area contributed by atoms with Gasteiger partial charge in [-0.1, -0.05) is 0 Å². The second kappa shape index (κ2) is 4.75. The quantitative estimate of drug-likeness (QED) is 0.756. The van der Waals surface area contributed by atoms with Crippen LogP contribution in [0, 0.1) is 4.77 Å². The van der Waals surface area contributed by atoms with Crippen LogP contribution in [0.3, 0.4) is 0 Å². The van der Waals surface area contributed by atoms with Crippen molar-refractivity contribution in [3.8, 4) is 0 Å². The number of thiophene rings is 1. The van der Waals surface area contributed by atoms with Gasteiger partial charge in [0.2, 0.25) is 0 Å². The SMILES string of the molecule is O=c1c2sccc2[nH]c(=S)n1CCc1cscn1. The van der Waals surface area contributed by atoms with Crippen molar-refractivity contribution in [1.29, 1.82) is 0 Å². The topological polar surface area (TPSA) is 50.7 Å². The fourth-order valence-electron chi connectivity index (χ4n) is 1.76. The molecule has 0 aliphatic carbocycles. The van der Waals surface area contributed by atoms with E-state index in [0.29, 0.717) is 11.3 Å². The van der Waals surface area contributed by atoms with Crippen molar-refractivity contribution in [3.63, 3.8) is 0 Å². The number of aromatic amines is 1. The Kier molecular flexibility index (Phi) is 3.11. The van der Waals surface area contributed by atoms with Crippen LogP contribution in [0.15, 0.2) is 27.1 Å². The summed E-state index contributed by atoms with van der Waals surface area (Å²) in [7, 11) is 0. The normalized spacial score (nSPS) is 11.1. The Morgan fingerprint density at radius 2 is 2.39 bits per heavy atom. The van der Waals surface area contributed by atoms with Crippen LogP contribution in [0.2, 0.25) is 0 Å². The number of rotatable bonds is 3. The van der Waals surface area contributed by atoms with E-state index < -0.39 is 0 Å². The summed E-state index contributed by atoms with van der Waals surface area (Å²) in [4.78, 5) is 19.5. The average Bonchev–Trinajstić information content (AvgIpc) is 2.98. The highest BCUT2D eigenvalue weighted by molar-refractivity contribution is 7.71. The van der Waals surface area contributed by atoms with Crippen LogP contribution in [0.1, 0.15) is 5.69 Å². The number of aromatic nitrogens is 3. The summed E-state index contributed by atoms with van der Waals surface area (Å²) < 4.78 is 2.80. The Bertz CT molecular complexity index is 782. The van der Waals surface area contributed by atoms with Crippen LogP contribution >= 0.6 is 34.9 Å². The second-order valence-corrected chi connectivity index (χ2v) is 5.80. The molecule has 3 rings (SSSR count). The first kappa shape index (κ1) is 11.8. The second-order valence-electron chi connectivity index (χ2n) is 3.78. The molecule has 3 aromatic heterocycles. The van der Waals surface area contributed by atoms with Gasteiger partial charge in [-0.2, -0.15) is 0 Å². The number of thiazole rings is 1. The summed E-state index contributed by atoms with van der Waals surface area (Å²) in [5, 5.41) is 3.88.